The van der Waals surface area contributed by atoms with E-state index in [-0.39, 0.29) is 56.6 Å². The Hall–Kier alpha value is -5.66. The maximum atomic E-state index is 15.1. The molecule has 6 rings (SSSR count). The number of piperidine rings is 1. The molecule has 1 aliphatic heterocycles. The van der Waals surface area contributed by atoms with E-state index < -0.39 is 39.5 Å². The summed E-state index contributed by atoms with van der Waals surface area (Å²) in [6.45, 7) is 4.86. The second kappa shape index (κ2) is 24.4. The van der Waals surface area contributed by atoms with Crippen LogP contribution in [0.3, 0.4) is 0 Å². The number of hydrogen-bond acceptors (Lipinski definition) is 8. The molecular weight excluding hydrogens is 888 g/mol. The number of benzene rings is 4. The van der Waals surface area contributed by atoms with Gasteiger partial charge in [-0.15, -0.1) is 0 Å². The van der Waals surface area contributed by atoms with Gasteiger partial charge in [-0.2, -0.15) is 0 Å². The zero-order valence-corrected chi connectivity index (χ0v) is 40.6. The highest BCUT2D eigenvalue weighted by Crippen LogP contribution is 2.32. The normalized spacial score (nSPS) is 13.8. The number of halogens is 1. The molecule has 2 heterocycles. The van der Waals surface area contributed by atoms with E-state index >= 15 is 4.79 Å². The molecule has 3 N–H and O–H groups in total. The molecule has 358 valence electrons. The van der Waals surface area contributed by atoms with Crippen molar-refractivity contribution in [2.24, 2.45) is 13.0 Å². The first kappa shape index (κ1) is 50.7. The van der Waals surface area contributed by atoms with E-state index in [1.54, 1.807) is 59.8 Å². The van der Waals surface area contributed by atoms with Gasteiger partial charge in [0.15, 0.2) is 9.84 Å². The Morgan fingerprint density at radius 3 is 2.03 bits per heavy atom. The number of likely N-dealkylation sites (tertiary alicyclic amines) is 1. The molecule has 0 bridgehead atoms. The van der Waals surface area contributed by atoms with Crippen molar-refractivity contribution in [3.63, 3.8) is 0 Å². The highest BCUT2D eigenvalue weighted by atomic mass is 35.5. The van der Waals surface area contributed by atoms with Gasteiger partial charge in [0.2, 0.25) is 17.8 Å². The number of fused-ring (bicyclic) bond motifs is 1. The van der Waals surface area contributed by atoms with E-state index in [1.807, 2.05) is 36.4 Å². The molecule has 1 saturated heterocycles. The maximum Gasteiger partial charge on any atom is 0.273 e. The third-order valence-electron chi connectivity index (χ3n) is 12.4. The van der Waals surface area contributed by atoms with E-state index in [4.69, 9.17) is 16.3 Å². The van der Waals surface area contributed by atoms with Gasteiger partial charge in [0.25, 0.3) is 11.8 Å². The smallest absolute Gasteiger partial charge is 0.273 e. The lowest BCUT2D eigenvalue weighted by Gasteiger charge is -2.27. The van der Waals surface area contributed by atoms with Crippen molar-refractivity contribution in [1.29, 1.82) is 0 Å². The van der Waals surface area contributed by atoms with Crippen LogP contribution in [0.2, 0.25) is 5.02 Å². The van der Waals surface area contributed by atoms with Gasteiger partial charge in [0.1, 0.15) is 17.2 Å². The summed E-state index contributed by atoms with van der Waals surface area (Å²) in [7, 11) is -1.76. The van der Waals surface area contributed by atoms with Crippen molar-refractivity contribution in [2.75, 3.05) is 35.2 Å². The summed E-state index contributed by atoms with van der Waals surface area (Å²) in [5, 5.41) is 15.8. The van der Waals surface area contributed by atoms with Crippen LogP contribution in [0.1, 0.15) is 129 Å². The predicted octanol–water partition coefficient (Wildman–Crippen LogP) is 10.9. The molecule has 2 atom stereocenters. The minimum absolute atomic E-state index is 0.0246. The number of sulfone groups is 1. The lowest BCUT2D eigenvalue weighted by molar-refractivity contribution is -0.121. The fourth-order valence-corrected chi connectivity index (χ4v) is 10.6. The molecule has 4 aromatic carbocycles. The van der Waals surface area contributed by atoms with Crippen molar-refractivity contribution in [1.82, 2.24) is 9.47 Å². The standard InChI is InChI=1S/C53H65ClN4O8S/c1-4-5-6-7-8-9-10-11-12-18-33-67(64,65)36-37(2)51(61)55-40-25-30-44(54)45(35-40)56-52(62)50(66-42-28-23-39(24-29-42)34-38-21-26-41(59)27-22-38)49(60)47-43-19-14-15-20-46(43)57(3)48(47)53(63)58-31-16-13-17-32-58/h14-15,19-30,35,37,50,59H,4-13,16-18,31-34,36H2,1-3H3,(H,55,61)(H,56,62). The highest BCUT2D eigenvalue weighted by molar-refractivity contribution is 7.91. The zero-order chi connectivity index (χ0) is 47.9. The monoisotopic (exact) mass is 952 g/mol. The average Bonchev–Trinajstić information content (AvgIpc) is 3.62. The molecule has 0 aliphatic carbocycles. The van der Waals surface area contributed by atoms with Crippen molar-refractivity contribution in [3.8, 4) is 11.5 Å². The number of unbranched alkanes of at least 4 members (excludes halogenated alkanes) is 9. The number of aryl methyl sites for hydroxylation is 1. The average molecular weight is 954 g/mol. The zero-order valence-electron chi connectivity index (χ0n) is 39.0. The Kier molecular flexibility index (Phi) is 18.5. The third-order valence-corrected chi connectivity index (χ3v) is 14.7. The van der Waals surface area contributed by atoms with E-state index in [2.05, 4.69) is 17.6 Å². The number of Topliss-reactive ketones (excluding diaryl/α,β-unsaturated/α-hetero) is 1. The number of carbonyl (C=O) groups excluding carboxylic acids is 4. The van der Waals surface area contributed by atoms with Crippen LogP contribution < -0.4 is 15.4 Å². The van der Waals surface area contributed by atoms with E-state index in [1.165, 1.54) is 56.7 Å². The summed E-state index contributed by atoms with van der Waals surface area (Å²) < 4.78 is 34.0. The van der Waals surface area contributed by atoms with Crippen molar-refractivity contribution in [2.45, 2.75) is 110 Å². The molecule has 0 spiro atoms. The quantitative estimate of drug-likeness (QED) is 0.0312. The topological polar surface area (TPSA) is 164 Å². The Morgan fingerprint density at radius 1 is 0.761 bits per heavy atom. The van der Waals surface area contributed by atoms with E-state index in [0.717, 1.165) is 49.7 Å². The van der Waals surface area contributed by atoms with Crippen molar-refractivity contribution in [3.05, 3.63) is 118 Å². The molecule has 1 aromatic heterocycles. The molecule has 3 amide bonds. The first-order valence-electron chi connectivity index (χ1n) is 23.8. The molecule has 1 fully saturated rings. The Bertz CT molecular complexity index is 2590. The van der Waals surface area contributed by atoms with E-state index in [0.29, 0.717) is 36.8 Å². The number of amides is 3. The molecule has 12 nitrogen and oxygen atoms in total. The molecule has 2 unspecified atom stereocenters. The van der Waals surface area contributed by atoms with Crippen LogP contribution in [0.4, 0.5) is 11.4 Å². The SMILES string of the molecule is CCCCCCCCCCCCS(=O)(=O)CC(C)C(=O)Nc1ccc(Cl)c(NC(=O)C(Oc2ccc(Cc3ccc(O)cc3)cc2)C(=O)c2c(C(=O)N3CCCCC3)n(C)c3ccccc23)c1. The van der Waals surface area contributed by atoms with Crippen molar-refractivity contribution >= 4 is 67.2 Å². The fourth-order valence-electron chi connectivity index (χ4n) is 8.68. The molecule has 0 radical (unpaired) electrons. The molecule has 1 aliphatic rings. The second-order valence-corrected chi connectivity index (χ2v) is 20.5. The summed E-state index contributed by atoms with van der Waals surface area (Å²) in [6, 6.07) is 25.4. The highest BCUT2D eigenvalue weighted by Gasteiger charge is 2.38. The van der Waals surface area contributed by atoms with Crippen LogP contribution in [0.5, 0.6) is 11.5 Å². The first-order chi connectivity index (χ1) is 32.2. The summed E-state index contributed by atoms with van der Waals surface area (Å²) in [5.41, 5.74) is 3.05. The van der Waals surface area contributed by atoms with Gasteiger partial charge in [-0.3, -0.25) is 19.2 Å². The van der Waals surface area contributed by atoms with Crippen LogP contribution in [0.25, 0.3) is 10.9 Å². The minimum atomic E-state index is -3.49. The van der Waals surface area contributed by atoms with Crippen molar-refractivity contribution < 1.29 is 37.4 Å². The van der Waals surface area contributed by atoms with Gasteiger partial charge in [-0.05, 0) is 91.8 Å². The number of rotatable bonds is 24. The van der Waals surface area contributed by atoms with Crippen LogP contribution in [0.15, 0.2) is 91.0 Å². The number of aromatic nitrogens is 1. The lowest BCUT2D eigenvalue weighted by atomic mass is 10.00. The van der Waals surface area contributed by atoms with Gasteiger partial charge in [-0.25, -0.2) is 8.42 Å². The maximum absolute atomic E-state index is 15.1. The third kappa shape index (κ3) is 14.2. The number of nitrogens with zero attached hydrogens (tertiary/aromatic N) is 2. The second-order valence-electron chi connectivity index (χ2n) is 17.9. The number of aromatic hydroxyl groups is 1. The van der Waals surface area contributed by atoms with Gasteiger partial charge < -0.3 is 29.9 Å². The number of nitrogens with one attached hydrogen (secondary N) is 2. The summed E-state index contributed by atoms with van der Waals surface area (Å²) in [4.78, 5) is 59.0. The molecule has 67 heavy (non-hydrogen) atoms. The number of hydrogen-bond donors (Lipinski definition) is 3. The Labute approximate surface area is 400 Å². The van der Waals surface area contributed by atoms with Crippen LogP contribution >= 0.6 is 11.6 Å². The van der Waals surface area contributed by atoms with Crippen LogP contribution in [0, 0.1) is 5.92 Å². The van der Waals surface area contributed by atoms with Gasteiger partial charge in [-0.1, -0.05) is 126 Å². The molecule has 5 aromatic rings. The Morgan fingerprint density at radius 2 is 1.37 bits per heavy atom. The number of para-hydroxylation sites is 1. The van der Waals surface area contributed by atoms with E-state index in [9.17, 15) is 27.9 Å². The predicted molar refractivity (Wildman–Crippen MR) is 267 cm³/mol. The molecule has 0 saturated carbocycles. The largest absolute Gasteiger partial charge is 0.508 e. The molecular formula is C53H65ClN4O8S. The van der Waals surface area contributed by atoms with Gasteiger partial charge >= 0.3 is 0 Å². The first-order valence-corrected chi connectivity index (χ1v) is 26.0. The number of phenolic OH excluding ortho intramolecular Hbond substituents is 1. The van der Waals surface area contributed by atoms with Gasteiger partial charge in [0, 0.05) is 42.6 Å². The fraction of sp³-hybridized carbons (Fsp3) is 0.434. The number of anilines is 2. The minimum Gasteiger partial charge on any atom is -0.508 e. The van der Waals surface area contributed by atoms with Gasteiger partial charge in [0.05, 0.1) is 27.8 Å². The summed E-state index contributed by atoms with van der Waals surface area (Å²) in [6.07, 6.45) is 12.3. The molecule has 14 heteroatoms. The summed E-state index contributed by atoms with van der Waals surface area (Å²) >= 11 is 6.63. The Balaban J connectivity index is 1.19. The lowest BCUT2D eigenvalue weighted by Crippen LogP contribution is -2.42. The number of carbonyl (C=O) groups is 4. The van der Waals surface area contributed by atoms with Crippen LogP contribution in [-0.2, 0) is 32.9 Å². The summed E-state index contributed by atoms with van der Waals surface area (Å²) in [5.74, 6) is -3.19. The van der Waals surface area contributed by atoms with Crippen LogP contribution in [-0.4, -0.2) is 77.2 Å². The number of phenols is 1. The number of ketones is 1. The number of ether oxygens (including phenoxy) is 1.